The maximum Gasteiger partial charge on any atom is 0.250 e. The van der Waals surface area contributed by atoms with E-state index < -0.39 is 29.6 Å². The van der Waals surface area contributed by atoms with Crippen molar-refractivity contribution in [2.75, 3.05) is 18.5 Å². The van der Waals surface area contributed by atoms with Crippen LogP contribution in [0.25, 0.3) is 0 Å². The number of amides is 3. The molecule has 0 saturated carbocycles. The Balaban J connectivity index is 1.40. The highest BCUT2D eigenvalue weighted by molar-refractivity contribution is 6.34. The molecule has 2 bridgehead atoms. The third-order valence-electron chi connectivity index (χ3n) is 8.44. The maximum absolute atomic E-state index is 14.0. The van der Waals surface area contributed by atoms with Crippen LogP contribution in [-0.4, -0.2) is 58.6 Å². The summed E-state index contributed by atoms with van der Waals surface area (Å²) in [6.45, 7) is 2.74. The average molecular weight is 554 g/mol. The van der Waals surface area contributed by atoms with Crippen LogP contribution in [0.4, 0.5) is 5.69 Å². The van der Waals surface area contributed by atoms with Crippen molar-refractivity contribution in [1.29, 1.82) is 0 Å². The van der Waals surface area contributed by atoms with Gasteiger partial charge < -0.3 is 25.4 Å². The lowest BCUT2D eigenvalue weighted by atomic mass is 9.70. The molecule has 0 aliphatic carbocycles. The van der Waals surface area contributed by atoms with E-state index in [1.165, 1.54) is 0 Å². The number of nitrogens with zero attached hydrogens (tertiary/aromatic N) is 1. The summed E-state index contributed by atoms with van der Waals surface area (Å²) in [4.78, 5) is 43.1. The lowest BCUT2D eigenvalue weighted by Gasteiger charge is -2.33. The number of hydrogen-bond acceptors (Lipinski definition) is 5. The second-order valence-electron chi connectivity index (χ2n) is 10.8. The zero-order valence-electron chi connectivity index (χ0n) is 22.2. The number of aryl methyl sites for hydroxylation is 1. The lowest BCUT2D eigenvalue weighted by molar-refractivity contribution is -0.141. The highest BCUT2D eigenvalue weighted by Gasteiger charge is 2.74. The second kappa shape index (κ2) is 11.7. The van der Waals surface area contributed by atoms with Crippen molar-refractivity contribution in [3.05, 3.63) is 64.7 Å². The maximum atomic E-state index is 14.0. The lowest BCUT2D eigenvalue weighted by Crippen LogP contribution is -2.53. The van der Waals surface area contributed by atoms with Crippen molar-refractivity contribution in [3.63, 3.8) is 0 Å². The normalized spacial score (nSPS) is 27.1. The largest absolute Gasteiger partial charge is 0.396 e. The number of ether oxygens (including phenoxy) is 1. The minimum absolute atomic E-state index is 0.130. The number of nitrogens with one attached hydrogen (secondary N) is 2. The van der Waals surface area contributed by atoms with Gasteiger partial charge in [0.25, 0.3) is 0 Å². The summed E-state index contributed by atoms with van der Waals surface area (Å²) in [5.74, 6) is -2.12. The Kier molecular flexibility index (Phi) is 8.26. The average Bonchev–Trinajstić information content (AvgIpc) is 3.57. The standard InChI is InChI=1S/C30H36ClN3O5/c1-19-10-9-13-21(31)25(19)33-28(37)26-30-15-14-22(39-30)23(27(36)32-18-20-11-5-4-6-12-20)24(30)29(38)34(26)16-7-2-3-8-17-35/h4-6,9-13,22-24,26,35H,2-3,7-8,14-18H2,1H3,(H,32,36)(H,33,37)/t22-,23+,24-,26?,30?/m0/s1. The summed E-state index contributed by atoms with van der Waals surface area (Å²) < 4.78 is 6.50. The van der Waals surface area contributed by atoms with Crippen LogP contribution >= 0.6 is 11.6 Å². The highest BCUT2D eigenvalue weighted by Crippen LogP contribution is 2.58. The molecule has 2 aromatic rings. The van der Waals surface area contributed by atoms with Gasteiger partial charge in [-0.15, -0.1) is 0 Å². The first kappa shape index (κ1) is 27.6. The molecule has 3 aliphatic heterocycles. The molecule has 2 unspecified atom stereocenters. The van der Waals surface area contributed by atoms with E-state index in [1.807, 2.05) is 49.4 Å². The molecule has 8 nitrogen and oxygen atoms in total. The van der Waals surface area contributed by atoms with E-state index in [0.717, 1.165) is 24.0 Å². The first-order chi connectivity index (χ1) is 18.9. The number of aliphatic hydroxyl groups excluding tert-OH is 1. The molecule has 208 valence electrons. The Bertz CT molecular complexity index is 1200. The van der Waals surface area contributed by atoms with Gasteiger partial charge >= 0.3 is 0 Å². The third kappa shape index (κ3) is 5.17. The number of hydrogen-bond donors (Lipinski definition) is 3. The summed E-state index contributed by atoms with van der Waals surface area (Å²) in [6.07, 6.45) is 3.81. The highest BCUT2D eigenvalue weighted by atomic mass is 35.5. The van der Waals surface area contributed by atoms with Crippen molar-refractivity contribution >= 4 is 35.0 Å². The molecular formula is C30H36ClN3O5. The van der Waals surface area contributed by atoms with E-state index in [0.29, 0.717) is 49.5 Å². The van der Waals surface area contributed by atoms with E-state index in [2.05, 4.69) is 10.6 Å². The van der Waals surface area contributed by atoms with Gasteiger partial charge in [0.05, 0.1) is 28.6 Å². The molecule has 9 heteroatoms. The summed E-state index contributed by atoms with van der Waals surface area (Å²) in [5.41, 5.74) is 1.25. The Labute approximate surface area is 234 Å². The van der Waals surface area contributed by atoms with Crippen LogP contribution in [0.2, 0.25) is 5.02 Å². The third-order valence-corrected chi connectivity index (χ3v) is 8.75. The van der Waals surface area contributed by atoms with Crippen molar-refractivity contribution in [2.45, 2.75) is 69.7 Å². The quantitative estimate of drug-likeness (QED) is 0.367. The van der Waals surface area contributed by atoms with Gasteiger partial charge in [0, 0.05) is 19.7 Å². The number of para-hydroxylation sites is 1. The second-order valence-corrected chi connectivity index (χ2v) is 11.3. The number of unbranched alkanes of at least 4 members (excludes halogenated alkanes) is 3. The molecule has 5 rings (SSSR count). The van der Waals surface area contributed by atoms with Crippen LogP contribution in [0.5, 0.6) is 0 Å². The molecular weight excluding hydrogens is 518 g/mol. The predicted molar refractivity (Wildman–Crippen MR) is 148 cm³/mol. The van der Waals surface area contributed by atoms with Gasteiger partial charge in [0.2, 0.25) is 17.7 Å². The molecule has 3 saturated heterocycles. The fraction of sp³-hybridized carbons (Fsp3) is 0.500. The van der Waals surface area contributed by atoms with Crippen LogP contribution in [0.3, 0.4) is 0 Å². The van der Waals surface area contributed by atoms with Gasteiger partial charge in [-0.1, -0.05) is 66.9 Å². The number of rotatable bonds is 11. The van der Waals surface area contributed by atoms with E-state index >= 15 is 0 Å². The zero-order valence-corrected chi connectivity index (χ0v) is 23.0. The Morgan fingerprint density at radius 1 is 1.08 bits per heavy atom. The van der Waals surface area contributed by atoms with Gasteiger partial charge in [0.15, 0.2) is 0 Å². The van der Waals surface area contributed by atoms with Gasteiger partial charge in [-0.3, -0.25) is 14.4 Å². The number of carbonyl (C=O) groups is 3. The number of carbonyl (C=O) groups excluding carboxylic acids is 3. The minimum Gasteiger partial charge on any atom is -0.396 e. The number of halogens is 1. The number of fused-ring (bicyclic) bond motifs is 1. The van der Waals surface area contributed by atoms with Gasteiger partial charge in [0.1, 0.15) is 11.6 Å². The molecule has 2 aromatic carbocycles. The SMILES string of the molecule is Cc1cccc(Cl)c1NC(=O)C1N(CCCCCCO)C(=O)[C@@H]2[C@H](C(=O)NCc3ccccc3)[C@@H]3CCC12O3. The predicted octanol–water partition coefficient (Wildman–Crippen LogP) is 3.83. The number of likely N-dealkylation sites (tertiary alicyclic amines) is 1. The Morgan fingerprint density at radius 3 is 2.59 bits per heavy atom. The van der Waals surface area contributed by atoms with Crippen molar-refractivity contribution < 1.29 is 24.2 Å². The van der Waals surface area contributed by atoms with Crippen LogP contribution in [0, 0.1) is 18.8 Å². The zero-order chi connectivity index (χ0) is 27.6. The molecule has 5 atom stereocenters. The van der Waals surface area contributed by atoms with Crippen LogP contribution in [0.1, 0.15) is 49.7 Å². The molecule has 0 radical (unpaired) electrons. The van der Waals surface area contributed by atoms with Crippen molar-refractivity contribution in [1.82, 2.24) is 10.2 Å². The molecule has 1 spiro atoms. The first-order valence-electron chi connectivity index (χ1n) is 13.8. The van der Waals surface area contributed by atoms with Gasteiger partial charge in [-0.25, -0.2) is 0 Å². The van der Waals surface area contributed by atoms with E-state index in [-0.39, 0.29) is 24.3 Å². The molecule has 3 fully saturated rings. The van der Waals surface area contributed by atoms with E-state index in [1.54, 1.807) is 11.0 Å². The molecule has 0 aromatic heterocycles. The van der Waals surface area contributed by atoms with Gasteiger partial charge in [-0.05, 0) is 49.8 Å². The summed E-state index contributed by atoms with van der Waals surface area (Å²) in [7, 11) is 0. The molecule has 3 aliphatic rings. The number of benzene rings is 2. The Morgan fingerprint density at radius 2 is 1.85 bits per heavy atom. The fourth-order valence-corrected chi connectivity index (χ4v) is 6.90. The molecule has 39 heavy (non-hydrogen) atoms. The van der Waals surface area contributed by atoms with Crippen molar-refractivity contribution in [3.8, 4) is 0 Å². The summed E-state index contributed by atoms with van der Waals surface area (Å²) >= 11 is 6.42. The van der Waals surface area contributed by atoms with Crippen LogP contribution in [-0.2, 0) is 25.7 Å². The van der Waals surface area contributed by atoms with Crippen molar-refractivity contribution in [2.24, 2.45) is 11.8 Å². The summed E-state index contributed by atoms with van der Waals surface area (Å²) in [6, 6.07) is 14.2. The van der Waals surface area contributed by atoms with Crippen LogP contribution in [0.15, 0.2) is 48.5 Å². The Hall–Kier alpha value is -2.94. The number of aliphatic hydroxyl groups is 1. The smallest absolute Gasteiger partial charge is 0.250 e. The summed E-state index contributed by atoms with van der Waals surface area (Å²) in [5, 5.41) is 15.5. The topological polar surface area (TPSA) is 108 Å². The molecule has 3 amide bonds. The first-order valence-corrected chi connectivity index (χ1v) is 14.2. The molecule has 3 N–H and O–H groups in total. The molecule has 3 heterocycles. The minimum atomic E-state index is -1.05. The monoisotopic (exact) mass is 553 g/mol. The van der Waals surface area contributed by atoms with E-state index in [4.69, 9.17) is 21.4 Å². The van der Waals surface area contributed by atoms with E-state index in [9.17, 15) is 14.4 Å². The van der Waals surface area contributed by atoms with Gasteiger partial charge in [-0.2, -0.15) is 0 Å². The van der Waals surface area contributed by atoms with Crippen LogP contribution < -0.4 is 10.6 Å². The fourth-order valence-electron chi connectivity index (χ4n) is 6.63. The number of anilines is 1.